The molecule has 0 atom stereocenters. The van der Waals surface area contributed by atoms with E-state index in [1.807, 2.05) is 32.0 Å². The van der Waals surface area contributed by atoms with Gasteiger partial charge in [0.1, 0.15) is 0 Å². The molecule has 1 aromatic heterocycles. The molecule has 0 saturated heterocycles. The zero-order valence-electron chi connectivity index (χ0n) is 12.9. The average molecular weight is 322 g/mol. The highest BCUT2D eigenvalue weighted by Gasteiger charge is 2.35. The Balaban J connectivity index is 2.42. The van der Waals surface area contributed by atoms with Gasteiger partial charge in [-0.05, 0) is 30.0 Å². The highest BCUT2D eigenvalue weighted by molar-refractivity contribution is 6.06. The monoisotopic (exact) mass is 322 g/mol. The SMILES string of the molecule is CCc1cccc(CC)c1NC(=O)c1cnccc1C(F)(F)F. The van der Waals surface area contributed by atoms with Crippen LogP contribution in [0.4, 0.5) is 18.9 Å². The van der Waals surface area contributed by atoms with E-state index < -0.39 is 23.2 Å². The molecule has 1 aromatic carbocycles. The second kappa shape index (κ2) is 6.81. The van der Waals surface area contributed by atoms with E-state index in [-0.39, 0.29) is 0 Å². The van der Waals surface area contributed by atoms with Crippen LogP contribution in [-0.4, -0.2) is 10.9 Å². The van der Waals surface area contributed by atoms with Gasteiger partial charge in [0.2, 0.25) is 0 Å². The third-order valence-electron chi connectivity index (χ3n) is 3.61. The van der Waals surface area contributed by atoms with Crippen molar-refractivity contribution in [2.45, 2.75) is 32.9 Å². The smallest absolute Gasteiger partial charge is 0.321 e. The Morgan fingerprint density at radius 2 is 1.74 bits per heavy atom. The van der Waals surface area contributed by atoms with Crippen LogP contribution in [0.3, 0.4) is 0 Å². The molecule has 0 saturated carbocycles. The largest absolute Gasteiger partial charge is 0.417 e. The predicted octanol–water partition coefficient (Wildman–Crippen LogP) is 4.48. The first-order valence-electron chi connectivity index (χ1n) is 7.31. The molecule has 0 aliphatic rings. The lowest BCUT2D eigenvalue weighted by Crippen LogP contribution is -2.20. The first kappa shape index (κ1) is 17.0. The topological polar surface area (TPSA) is 42.0 Å². The number of aryl methyl sites for hydroxylation is 2. The summed E-state index contributed by atoms with van der Waals surface area (Å²) in [6.45, 7) is 3.85. The number of alkyl halides is 3. The van der Waals surface area contributed by atoms with Crippen molar-refractivity contribution in [1.29, 1.82) is 0 Å². The molecule has 0 aliphatic carbocycles. The Labute approximate surface area is 132 Å². The van der Waals surface area contributed by atoms with Crippen LogP contribution in [0.1, 0.15) is 40.9 Å². The van der Waals surface area contributed by atoms with Crippen molar-refractivity contribution < 1.29 is 18.0 Å². The van der Waals surface area contributed by atoms with E-state index in [4.69, 9.17) is 0 Å². The normalized spacial score (nSPS) is 11.3. The fourth-order valence-corrected chi connectivity index (χ4v) is 2.41. The van der Waals surface area contributed by atoms with Crippen LogP contribution in [0.15, 0.2) is 36.7 Å². The number of hydrogen-bond acceptors (Lipinski definition) is 2. The Hall–Kier alpha value is -2.37. The summed E-state index contributed by atoms with van der Waals surface area (Å²) in [6.07, 6.45) is -1.30. The van der Waals surface area contributed by atoms with Gasteiger partial charge >= 0.3 is 6.18 Å². The molecule has 1 N–H and O–H groups in total. The van der Waals surface area contributed by atoms with Crippen molar-refractivity contribution in [3.05, 3.63) is 58.9 Å². The molecule has 3 nitrogen and oxygen atoms in total. The molecule has 0 aliphatic heterocycles. The van der Waals surface area contributed by atoms with Gasteiger partial charge in [-0.25, -0.2) is 0 Å². The number of carbonyl (C=O) groups excluding carboxylic acids is 1. The van der Waals surface area contributed by atoms with Gasteiger partial charge in [-0.1, -0.05) is 32.0 Å². The quantitative estimate of drug-likeness (QED) is 0.902. The molecular formula is C17H17F3N2O. The average Bonchev–Trinajstić information content (AvgIpc) is 2.54. The molecule has 23 heavy (non-hydrogen) atoms. The minimum absolute atomic E-state index is 0.479. The minimum Gasteiger partial charge on any atom is -0.321 e. The summed E-state index contributed by atoms with van der Waals surface area (Å²) in [5.74, 6) is -0.805. The molecule has 2 rings (SSSR count). The fraction of sp³-hybridized carbons (Fsp3) is 0.294. The van der Waals surface area contributed by atoms with Gasteiger partial charge in [-0.15, -0.1) is 0 Å². The number of hydrogen-bond donors (Lipinski definition) is 1. The van der Waals surface area contributed by atoms with E-state index in [9.17, 15) is 18.0 Å². The molecule has 2 aromatic rings. The zero-order valence-corrected chi connectivity index (χ0v) is 12.9. The molecule has 0 unspecified atom stereocenters. The maximum absolute atomic E-state index is 13.0. The summed E-state index contributed by atoms with van der Waals surface area (Å²) >= 11 is 0. The van der Waals surface area contributed by atoms with Gasteiger partial charge in [0.15, 0.2) is 0 Å². The molecule has 1 heterocycles. The summed E-state index contributed by atoms with van der Waals surface area (Å²) in [7, 11) is 0. The Morgan fingerprint density at radius 3 is 2.26 bits per heavy atom. The van der Waals surface area contributed by atoms with Crippen molar-refractivity contribution in [2.24, 2.45) is 0 Å². The number of benzene rings is 1. The molecule has 0 spiro atoms. The molecule has 0 bridgehead atoms. The van der Waals surface area contributed by atoms with E-state index >= 15 is 0 Å². The summed E-state index contributed by atoms with van der Waals surface area (Å²) in [4.78, 5) is 16.0. The lowest BCUT2D eigenvalue weighted by molar-refractivity contribution is -0.137. The Morgan fingerprint density at radius 1 is 1.13 bits per heavy atom. The first-order valence-corrected chi connectivity index (χ1v) is 7.31. The van der Waals surface area contributed by atoms with E-state index in [0.29, 0.717) is 18.5 Å². The number of halogens is 3. The highest BCUT2D eigenvalue weighted by Crippen LogP contribution is 2.32. The molecule has 6 heteroatoms. The van der Waals surface area contributed by atoms with Crippen LogP contribution in [-0.2, 0) is 19.0 Å². The standard InChI is InChI=1S/C17H17F3N2O/c1-3-11-6-5-7-12(4-2)15(11)22-16(23)13-10-21-9-8-14(13)17(18,19)20/h5-10H,3-4H2,1-2H3,(H,22,23). The van der Waals surface area contributed by atoms with Gasteiger partial charge in [0, 0.05) is 18.1 Å². The molecule has 0 fully saturated rings. The van der Waals surface area contributed by atoms with E-state index in [1.54, 1.807) is 0 Å². The lowest BCUT2D eigenvalue weighted by Gasteiger charge is -2.16. The van der Waals surface area contributed by atoms with Crippen molar-refractivity contribution in [2.75, 3.05) is 5.32 Å². The predicted molar refractivity (Wildman–Crippen MR) is 82.4 cm³/mol. The highest BCUT2D eigenvalue weighted by atomic mass is 19.4. The number of para-hydroxylation sites is 1. The van der Waals surface area contributed by atoms with Crippen LogP contribution in [0.25, 0.3) is 0 Å². The van der Waals surface area contributed by atoms with Crippen LogP contribution >= 0.6 is 0 Å². The third kappa shape index (κ3) is 3.70. The third-order valence-corrected chi connectivity index (χ3v) is 3.61. The zero-order chi connectivity index (χ0) is 17.0. The lowest BCUT2D eigenvalue weighted by atomic mass is 10.0. The van der Waals surface area contributed by atoms with Crippen molar-refractivity contribution in [1.82, 2.24) is 4.98 Å². The second-order valence-corrected chi connectivity index (χ2v) is 5.03. The minimum atomic E-state index is -4.60. The van der Waals surface area contributed by atoms with Gasteiger partial charge in [-0.3, -0.25) is 9.78 Å². The Kier molecular flexibility index (Phi) is 5.03. The van der Waals surface area contributed by atoms with E-state index in [2.05, 4.69) is 10.3 Å². The number of carbonyl (C=O) groups is 1. The molecule has 1 amide bonds. The van der Waals surface area contributed by atoms with Crippen molar-refractivity contribution >= 4 is 11.6 Å². The fourth-order valence-electron chi connectivity index (χ4n) is 2.41. The number of nitrogens with one attached hydrogen (secondary N) is 1. The summed E-state index contributed by atoms with van der Waals surface area (Å²) in [6, 6.07) is 6.38. The maximum atomic E-state index is 13.0. The maximum Gasteiger partial charge on any atom is 0.417 e. The molecular weight excluding hydrogens is 305 g/mol. The second-order valence-electron chi connectivity index (χ2n) is 5.03. The van der Waals surface area contributed by atoms with Gasteiger partial charge in [0.25, 0.3) is 5.91 Å². The first-order chi connectivity index (χ1) is 10.9. The van der Waals surface area contributed by atoms with Crippen LogP contribution in [0, 0.1) is 0 Å². The number of nitrogens with zero attached hydrogens (tertiary/aromatic N) is 1. The number of aromatic nitrogens is 1. The Bertz CT molecular complexity index is 689. The van der Waals surface area contributed by atoms with Crippen molar-refractivity contribution in [3.63, 3.8) is 0 Å². The molecule has 122 valence electrons. The molecule has 0 radical (unpaired) electrons. The van der Waals surface area contributed by atoms with E-state index in [0.717, 1.165) is 29.6 Å². The van der Waals surface area contributed by atoms with Gasteiger partial charge < -0.3 is 5.32 Å². The van der Waals surface area contributed by atoms with Crippen molar-refractivity contribution in [3.8, 4) is 0 Å². The summed E-state index contributed by atoms with van der Waals surface area (Å²) in [5.41, 5.74) is 0.884. The van der Waals surface area contributed by atoms with Gasteiger partial charge in [-0.2, -0.15) is 13.2 Å². The van der Waals surface area contributed by atoms with Gasteiger partial charge in [0.05, 0.1) is 11.1 Å². The number of rotatable bonds is 4. The number of amides is 1. The van der Waals surface area contributed by atoms with Crippen LogP contribution in [0.5, 0.6) is 0 Å². The van der Waals surface area contributed by atoms with Crippen LogP contribution in [0.2, 0.25) is 0 Å². The number of pyridine rings is 1. The van der Waals surface area contributed by atoms with Crippen LogP contribution < -0.4 is 5.32 Å². The number of anilines is 1. The summed E-state index contributed by atoms with van der Waals surface area (Å²) < 4.78 is 39.1. The summed E-state index contributed by atoms with van der Waals surface area (Å²) in [5, 5.41) is 2.63. The van der Waals surface area contributed by atoms with E-state index in [1.165, 1.54) is 0 Å².